The van der Waals surface area contributed by atoms with E-state index in [2.05, 4.69) is 6.92 Å². The van der Waals surface area contributed by atoms with Crippen LogP contribution in [0.25, 0.3) is 6.08 Å². The largest absolute Gasteiger partial charge is 0.494 e. The molecule has 0 radical (unpaired) electrons. The van der Waals surface area contributed by atoms with E-state index in [0.29, 0.717) is 12.4 Å². The van der Waals surface area contributed by atoms with Gasteiger partial charge in [-0.3, -0.25) is 0 Å². The molecule has 0 aliphatic heterocycles. The number of hydrogen-bond acceptors (Lipinski definition) is 3. The highest BCUT2D eigenvalue weighted by Gasteiger charge is 2.10. The molecule has 0 aliphatic rings. The molecule has 2 rings (SSSR count). The standard InChI is InChI=1S/C20H22O4/c1-3-4-13-23-17-11-7-16(8-12-17)14-19(20(21)22)24-18-9-5-15(2)6-10-18/h5-12,14H,3-4,13H2,1-2H3,(H,21,22). The summed E-state index contributed by atoms with van der Waals surface area (Å²) < 4.78 is 11.1. The first-order chi connectivity index (χ1) is 11.6. The monoisotopic (exact) mass is 326 g/mol. The number of ether oxygens (including phenoxy) is 2. The number of aliphatic carboxylic acids is 1. The molecule has 0 saturated heterocycles. The van der Waals surface area contributed by atoms with Crippen LogP contribution in [0, 0.1) is 6.92 Å². The Labute approximate surface area is 142 Å². The molecule has 0 aromatic heterocycles. The van der Waals surface area contributed by atoms with Gasteiger partial charge in [-0.2, -0.15) is 0 Å². The molecule has 0 atom stereocenters. The van der Waals surface area contributed by atoms with Crippen LogP contribution < -0.4 is 9.47 Å². The minimum Gasteiger partial charge on any atom is -0.494 e. The molecular weight excluding hydrogens is 304 g/mol. The zero-order valence-electron chi connectivity index (χ0n) is 14.0. The number of hydrogen-bond donors (Lipinski definition) is 1. The Hall–Kier alpha value is -2.75. The fourth-order valence-corrected chi connectivity index (χ4v) is 2.01. The van der Waals surface area contributed by atoms with E-state index in [1.807, 2.05) is 43.3 Å². The summed E-state index contributed by atoms with van der Waals surface area (Å²) in [5.41, 5.74) is 1.82. The smallest absolute Gasteiger partial charge is 0.371 e. The van der Waals surface area contributed by atoms with Crippen molar-refractivity contribution >= 4 is 12.0 Å². The summed E-state index contributed by atoms with van der Waals surface area (Å²) in [4.78, 5) is 11.4. The second-order valence-corrected chi connectivity index (χ2v) is 5.50. The van der Waals surface area contributed by atoms with Crippen LogP contribution in [0.5, 0.6) is 11.5 Å². The highest BCUT2D eigenvalue weighted by atomic mass is 16.5. The quantitative estimate of drug-likeness (QED) is 0.435. The van der Waals surface area contributed by atoms with Crippen molar-refractivity contribution in [1.82, 2.24) is 0 Å². The maximum atomic E-state index is 11.4. The molecule has 0 amide bonds. The van der Waals surface area contributed by atoms with Crippen LogP contribution in [0.2, 0.25) is 0 Å². The molecule has 1 N–H and O–H groups in total. The first-order valence-corrected chi connectivity index (χ1v) is 8.01. The van der Waals surface area contributed by atoms with Crippen molar-refractivity contribution in [2.24, 2.45) is 0 Å². The van der Waals surface area contributed by atoms with Gasteiger partial charge in [0, 0.05) is 0 Å². The van der Waals surface area contributed by atoms with E-state index >= 15 is 0 Å². The Morgan fingerprint density at radius 2 is 1.67 bits per heavy atom. The van der Waals surface area contributed by atoms with Gasteiger partial charge in [0.05, 0.1) is 6.61 Å². The highest BCUT2D eigenvalue weighted by molar-refractivity contribution is 5.90. The predicted molar refractivity (Wildman–Crippen MR) is 94.3 cm³/mol. The van der Waals surface area contributed by atoms with Crippen LogP contribution in [0.4, 0.5) is 0 Å². The number of unbranched alkanes of at least 4 members (excludes halogenated alkanes) is 1. The fraction of sp³-hybridized carbons (Fsp3) is 0.250. The summed E-state index contributed by atoms with van der Waals surface area (Å²) in [6, 6.07) is 14.5. The number of aryl methyl sites for hydroxylation is 1. The molecule has 4 nitrogen and oxygen atoms in total. The van der Waals surface area contributed by atoms with Crippen LogP contribution in [-0.2, 0) is 4.79 Å². The summed E-state index contributed by atoms with van der Waals surface area (Å²) >= 11 is 0. The lowest BCUT2D eigenvalue weighted by molar-refractivity contribution is -0.134. The van der Waals surface area contributed by atoms with Crippen LogP contribution >= 0.6 is 0 Å². The summed E-state index contributed by atoms with van der Waals surface area (Å²) in [6.45, 7) is 4.75. The average Bonchev–Trinajstić information content (AvgIpc) is 2.58. The molecule has 126 valence electrons. The Balaban J connectivity index is 2.09. The van der Waals surface area contributed by atoms with Crippen molar-refractivity contribution in [2.45, 2.75) is 26.7 Å². The number of carbonyl (C=O) groups is 1. The van der Waals surface area contributed by atoms with Gasteiger partial charge >= 0.3 is 5.97 Å². The third-order valence-electron chi connectivity index (χ3n) is 3.40. The van der Waals surface area contributed by atoms with Gasteiger partial charge in [-0.15, -0.1) is 0 Å². The number of carboxylic acids is 1. The van der Waals surface area contributed by atoms with E-state index in [-0.39, 0.29) is 5.76 Å². The van der Waals surface area contributed by atoms with Crippen LogP contribution in [0.1, 0.15) is 30.9 Å². The average molecular weight is 326 g/mol. The van der Waals surface area contributed by atoms with Gasteiger partial charge in [0.15, 0.2) is 0 Å². The molecule has 2 aromatic carbocycles. The van der Waals surface area contributed by atoms with Crippen molar-refractivity contribution < 1.29 is 19.4 Å². The van der Waals surface area contributed by atoms with Gasteiger partial charge in [-0.25, -0.2) is 4.79 Å². The molecule has 0 fully saturated rings. The molecule has 0 saturated carbocycles. The van der Waals surface area contributed by atoms with E-state index in [1.54, 1.807) is 12.1 Å². The van der Waals surface area contributed by atoms with Crippen molar-refractivity contribution in [3.05, 3.63) is 65.4 Å². The first kappa shape index (κ1) is 17.6. The van der Waals surface area contributed by atoms with E-state index in [4.69, 9.17) is 9.47 Å². The van der Waals surface area contributed by atoms with Gasteiger partial charge in [-0.05, 0) is 49.2 Å². The van der Waals surface area contributed by atoms with Crippen molar-refractivity contribution in [3.63, 3.8) is 0 Å². The van der Waals surface area contributed by atoms with E-state index in [1.165, 1.54) is 6.08 Å². The Morgan fingerprint density at radius 3 is 2.25 bits per heavy atom. The van der Waals surface area contributed by atoms with Crippen molar-refractivity contribution in [1.29, 1.82) is 0 Å². The second kappa shape index (κ2) is 8.77. The van der Waals surface area contributed by atoms with Gasteiger partial charge in [0.1, 0.15) is 11.5 Å². The second-order valence-electron chi connectivity index (χ2n) is 5.50. The van der Waals surface area contributed by atoms with Crippen molar-refractivity contribution in [2.75, 3.05) is 6.61 Å². The van der Waals surface area contributed by atoms with Gasteiger partial charge in [0.25, 0.3) is 0 Å². The molecule has 0 aliphatic carbocycles. The lowest BCUT2D eigenvalue weighted by Gasteiger charge is -2.08. The molecule has 2 aromatic rings. The zero-order chi connectivity index (χ0) is 17.4. The molecule has 0 spiro atoms. The van der Waals surface area contributed by atoms with E-state index in [0.717, 1.165) is 29.7 Å². The van der Waals surface area contributed by atoms with Crippen LogP contribution in [0.3, 0.4) is 0 Å². The molecule has 24 heavy (non-hydrogen) atoms. The third kappa shape index (κ3) is 5.47. The molecule has 0 bridgehead atoms. The summed E-state index contributed by atoms with van der Waals surface area (Å²) in [6.07, 6.45) is 3.59. The Bertz CT molecular complexity index is 685. The lowest BCUT2D eigenvalue weighted by atomic mass is 10.2. The summed E-state index contributed by atoms with van der Waals surface area (Å²) in [7, 11) is 0. The first-order valence-electron chi connectivity index (χ1n) is 8.01. The Morgan fingerprint density at radius 1 is 1.04 bits per heavy atom. The minimum atomic E-state index is -1.11. The Kier molecular flexibility index (Phi) is 6.43. The summed E-state index contributed by atoms with van der Waals surface area (Å²) in [5, 5.41) is 9.33. The maximum absolute atomic E-state index is 11.4. The van der Waals surface area contributed by atoms with Crippen molar-refractivity contribution in [3.8, 4) is 11.5 Å². The van der Waals surface area contributed by atoms with E-state index < -0.39 is 5.97 Å². The van der Waals surface area contributed by atoms with Crippen LogP contribution in [0.15, 0.2) is 54.3 Å². The SMILES string of the molecule is CCCCOc1ccc(C=C(Oc2ccc(C)cc2)C(=O)O)cc1. The number of carboxylic acid groups (broad SMARTS) is 1. The third-order valence-corrected chi connectivity index (χ3v) is 3.40. The molecule has 0 unspecified atom stereocenters. The van der Waals surface area contributed by atoms with Gasteiger partial charge in [0.2, 0.25) is 5.76 Å². The minimum absolute atomic E-state index is 0.126. The molecule has 0 heterocycles. The highest BCUT2D eigenvalue weighted by Crippen LogP contribution is 2.19. The van der Waals surface area contributed by atoms with Gasteiger partial charge < -0.3 is 14.6 Å². The van der Waals surface area contributed by atoms with Crippen LogP contribution in [-0.4, -0.2) is 17.7 Å². The number of rotatable bonds is 8. The zero-order valence-corrected chi connectivity index (χ0v) is 14.0. The van der Waals surface area contributed by atoms with Gasteiger partial charge in [-0.1, -0.05) is 43.2 Å². The predicted octanol–water partition coefficient (Wildman–Crippen LogP) is 4.68. The molecular formula is C20H22O4. The summed E-state index contributed by atoms with van der Waals surface area (Å²) in [5.74, 6) is 0.0306. The number of benzene rings is 2. The maximum Gasteiger partial charge on any atom is 0.371 e. The topological polar surface area (TPSA) is 55.8 Å². The fourth-order valence-electron chi connectivity index (χ4n) is 2.01. The van der Waals surface area contributed by atoms with E-state index in [9.17, 15) is 9.90 Å². The normalized spacial score (nSPS) is 11.2. The lowest BCUT2D eigenvalue weighted by Crippen LogP contribution is -2.07. The molecule has 4 heteroatoms.